The first kappa shape index (κ1) is 14.9. The second-order valence-corrected chi connectivity index (χ2v) is 5.69. The van der Waals surface area contributed by atoms with Gasteiger partial charge in [-0.2, -0.15) is 0 Å². The van der Waals surface area contributed by atoms with Gasteiger partial charge in [-0.15, -0.1) is 0 Å². The Bertz CT molecular complexity index is 636. The predicted molar refractivity (Wildman–Crippen MR) is 88.0 cm³/mol. The van der Waals surface area contributed by atoms with Gasteiger partial charge in [-0.1, -0.05) is 30.3 Å². The molecule has 0 aromatic heterocycles. The Morgan fingerprint density at radius 2 is 2.09 bits per heavy atom. The van der Waals surface area contributed by atoms with Crippen LogP contribution in [0.5, 0.6) is 5.75 Å². The molecular formula is C18H22N2O2. The van der Waals surface area contributed by atoms with E-state index in [4.69, 9.17) is 4.74 Å². The van der Waals surface area contributed by atoms with Gasteiger partial charge in [0.05, 0.1) is 12.5 Å². The maximum Gasteiger partial charge on any atom is 0.224 e. The summed E-state index contributed by atoms with van der Waals surface area (Å²) in [5, 5.41) is 8.58. The Morgan fingerprint density at radius 3 is 2.91 bits per heavy atom. The number of rotatable bonds is 5. The standard InChI is InChI=1S/C18H22N2O2/c21-18(16-6-3-9-19-13-16)20-10-11-22-17-8-7-14-4-1-2-5-15(14)12-17/h1-2,4-5,7-8,12,16,19H,3,6,9-11,13H2,(H,20,21)/t16-/m0/s1. The summed E-state index contributed by atoms with van der Waals surface area (Å²) in [6.07, 6.45) is 2.05. The van der Waals surface area contributed by atoms with Crippen LogP contribution in [0.4, 0.5) is 0 Å². The Labute approximate surface area is 130 Å². The van der Waals surface area contributed by atoms with Gasteiger partial charge in [0.1, 0.15) is 12.4 Å². The first-order valence-electron chi connectivity index (χ1n) is 7.93. The van der Waals surface area contributed by atoms with Crippen LogP contribution in [0, 0.1) is 5.92 Å². The third-order valence-electron chi connectivity index (χ3n) is 4.06. The quantitative estimate of drug-likeness (QED) is 0.833. The Hall–Kier alpha value is -2.07. The van der Waals surface area contributed by atoms with Crippen LogP contribution < -0.4 is 15.4 Å². The minimum absolute atomic E-state index is 0.106. The predicted octanol–water partition coefficient (Wildman–Crippen LogP) is 2.33. The number of ether oxygens (including phenoxy) is 1. The summed E-state index contributed by atoms with van der Waals surface area (Å²) in [6, 6.07) is 14.2. The third kappa shape index (κ3) is 3.77. The summed E-state index contributed by atoms with van der Waals surface area (Å²) in [6.45, 7) is 2.85. The minimum Gasteiger partial charge on any atom is -0.492 e. The number of fused-ring (bicyclic) bond motifs is 1. The minimum atomic E-state index is 0.106. The summed E-state index contributed by atoms with van der Waals surface area (Å²) < 4.78 is 5.72. The van der Waals surface area contributed by atoms with Crippen molar-refractivity contribution in [1.29, 1.82) is 0 Å². The fraction of sp³-hybridized carbons (Fsp3) is 0.389. The zero-order valence-electron chi connectivity index (χ0n) is 12.7. The lowest BCUT2D eigenvalue weighted by Gasteiger charge is -2.21. The van der Waals surface area contributed by atoms with E-state index in [1.54, 1.807) is 0 Å². The van der Waals surface area contributed by atoms with Crippen molar-refractivity contribution >= 4 is 16.7 Å². The van der Waals surface area contributed by atoms with Crippen molar-refractivity contribution in [1.82, 2.24) is 10.6 Å². The number of nitrogens with one attached hydrogen (secondary N) is 2. The molecule has 1 atom stereocenters. The lowest BCUT2D eigenvalue weighted by Crippen LogP contribution is -2.41. The van der Waals surface area contributed by atoms with Gasteiger partial charge >= 0.3 is 0 Å². The van der Waals surface area contributed by atoms with Crippen molar-refractivity contribution in [3.63, 3.8) is 0 Å². The van der Waals surface area contributed by atoms with Gasteiger partial charge in [0.25, 0.3) is 0 Å². The maximum absolute atomic E-state index is 12.0. The van der Waals surface area contributed by atoms with Crippen LogP contribution in [-0.4, -0.2) is 32.1 Å². The topological polar surface area (TPSA) is 50.4 Å². The molecule has 0 spiro atoms. The zero-order valence-corrected chi connectivity index (χ0v) is 12.7. The number of carbonyl (C=O) groups excluding carboxylic acids is 1. The average molecular weight is 298 g/mol. The summed E-state index contributed by atoms with van der Waals surface area (Å²) >= 11 is 0. The lowest BCUT2D eigenvalue weighted by atomic mass is 9.99. The summed E-state index contributed by atoms with van der Waals surface area (Å²) in [5.74, 6) is 1.08. The van der Waals surface area contributed by atoms with Crippen molar-refractivity contribution in [3.05, 3.63) is 42.5 Å². The highest BCUT2D eigenvalue weighted by molar-refractivity contribution is 5.83. The van der Waals surface area contributed by atoms with Gasteiger partial charge in [-0.3, -0.25) is 4.79 Å². The largest absolute Gasteiger partial charge is 0.492 e. The van der Waals surface area contributed by atoms with E-state index in [1.807, 2.05) is 24.3 Å². The molecule has 0 radical (unpaired) electrons. The molecule has 2 aromatic rings. The van der Waals surface area contributed by atoms with Crippen molar-refractivity contribution in [3.8, 4) is 5.75 Å². The molecule has 0 unspecified atom stereocenters. The number of amides is 1. The first-order valence-corrected chi connectivity index (χ1v) is 7.93. The van der Waals surface area contributed by atoms with Gasteiger partial charge < -0.3 is 15.4 Å². The molecule has 2 N–H and O–H groups in total. The Morgan fingerprint density at radius 1 is 1.23 bits per heavy atom. The molecule has 1 aliphatic heterocycles. The van der Waals surface area contributed by atoms with Gasteiger partial charge in [0.2, 0.25) is 5.91 Å². The fourth-order valence-corrected chi connectivity index (χ4v) is 2.82. The smallest absolute Gasteiger partial charge is 0.224 e. The molecule has 2 aromatic carbocycles. The maximum atomic E-state index is 12.0. The highest BCUT2D eigenvalue weighted by Crippen LogP contribution is 2.20. The molecule has 22 heavy (non-hydrogen) atoms. The van der Waals surface area contributed by atoms with Crippen LogP contribution in [-0.2, 0) is 4.79 Å². The molecule has 1 aliphatic rings. The van der Waals surface area contributed by atoms with Crippen LogP contribution in [0.15, 0.2) is 42.5 Å². The second kappa shape index (κ2) is 7.27. The molecule has 1 fully saturated rings. The van der Waals surface area contributed by atoms with Gasteiger partial charge in [-0.05, 0) is 42.3 Å². The number of benzene rings is 2. The first-order chi connectivity index (χ1) is 10.8. The lowest BCUT2D eigenvalue weighted by molar-refractivity contribution is -0.125. The molecule has 1 heterocycles. The fourth-order valence-electron chi connectivity index (χ4n) is 2.82. The van der Waals surface area contributed by atoms with E-state index < -0.39 is 0 Å². The summed E-state index contributed by atoms with van der Waals surface area (Å²) in [5.41, 5.74) is 0. The van der Waals surface area contributed by atoms with Crippen LogP contribution >= 0.6 is 0 Å². The molecule has 1 saturated heterocycles. The molecule has 116 valence electrons. The number of carbonyl (C=O) groups is 1. The van der Waals surface area contributed by atoms with Crippen molar-refractivity contribution < 1.29 is 9.53 Å². The average Bonchev–Trinajstić information content (AvgIpc) is 2.59. The Kier molecular flexibility index (Phi) is 4.91. The monoisotopic (exact) mass is 298 g/mol. The highest BCUT2D eigenvalue weighted by Gasteiger charge is 2.20. The van der Waals surface area contributed by atoms with Crippen molar-refractivity contribution in [2.75, 3.05) is 26.2 Å². The molecule has 0 aliphatic carbocycles. The number of hydrogen-bond donors (Lipinski definition) is 2. The SMILES string of the molecule is O=C(NCCOc1ccc2ccccc2c1)[C@H]1CCCNC1. The normalized spacial score (nSPS) is 18.1. The summed E-state index contributed by atoms with van der Waals surface area (Å²) in [7, 11) is 0. The van der Waals surface area contributed by atoms with Crippen LogP contribution in [0.2, 0.25) is 0 Å². The van der Waals surface area contributed by atoms with Crippen molar-refractivity contribution in [2.24, 2.45) is 5.92 Å². The summed E-state index contributed by atoms with van der Waals surface area (Å²) in [4.78, 5) is 12.0. The number of hydrogen-bond acceptors (Lipinski definition) is 3. The van der Waals surface area contributed by atoms with Crippen LogP contribution in [0.3, 0.4) is 0 Å². The second-order valence-electron chi connectivity index (χ2n) is 5.69. The number of piperidine rings is 1. The van der Waals surface area contributed by atoms with Gasteiger partial charge in [0.15, 0.2) is 0 Å². The van der Waals surface area contributed by atoms with E-state index in [9.17, 15) is 4.79 Å². The zero-order chi connectivity index (χ0) is 15.2. The molecule has 3 rings (SSSR count). The van der Waals surface area contributed by atoms with Gasteiger partial charge in [0, 0.05) is 6.54 Å². The van der Waals surface area contributed by atoms with Crippen LogP contribution in [0.25, 0.3) is 10.8 Å². The van der Waals surface area contributed by atoms with E-state index in [0.717, 1.165) is 37.1 Å². The van der Waals surface area contributed by atoms with E-state index in [2.05, 4.69) is 28.8 Å². The van der Waals surface area contributed by atoms with E-state index in [-0.39, 0.29) is 11.8 Å². The molecule has 4 heteroatoms. The van der Waals surface area contributed by atoms with E-state index in [0.29, 0.717) is 13.2 Å². The molecule has 0 bridgehead atoms. The van der Waals surface area contributed by atoms with E-state index in [1.165, 1.54) is 5.39 Å². The molecule has 1 amide bonds. The van der Waals surface area contributed by atoms with Crippen LogP contribution in [0.1, 0.15) is 12.8 Å². The third-order valence-corrected chi connectivity index (χ3v) is 4.06. The molecule has 0 saturated carbocycles. The molecule has 4 nitrogen and oxygen atoms in total. The van der Waals surface area contributed by atoms with Gasteiger partial charge in [-0.25, -0.2) is 0 Å². The van der Waals surface area contributed by atoms with E-state index >= 15 is 0 Å². The Balaban J connectivity index is 1.44. The highest BCUT2D eigenvalue weighted by atomic mass is 16.5. The van der Waals surface area contributed by atoms with Crippen molar-refractivity contribution in [2.45, 2.75) is 12.8 Å². The molecular weight excluding hydrogens is 276 g/mol.